The first-order valence-corrected chi connectivity index (χ1v) is 9.44. The number of benzene rings is 2. The summed E-state index contributed by atoms with van der Waals surface area (Å²) in [6.07, 6.45) is 1.66. The fourth-order valence-electron chi connectivity index (χ4n) is 3.39. The second-order valence-corrected chi connectivity index (χ2v) is 6.96. The van der Waals surface area contributed by atoms with Crippen LogP contribution < -0.4 is 15.5 Å². The molecule has 1 unspecified atom stereocenters. The minimum atomic E-state index is -0.825. The largest absolute Gasteiger partial charge is 0.371 e. The molecule has 1 fully saturated rings. The molecule has 0 saturated carbocycles. The average Bonchev–Trinajstić information content (AvgIpc) is 3.16. The normalized spacial score (nSPS) is 16.5. The van der Waals surface area contributed by atoms with E-state index < -0.39 is 11.6 Å². The molecule has 0 aliphatic carbocycles. The van der Waals surface area contributed by atoms with Crippen LogP contribution >= 0.6 is 24.0 Å². The van der Waals surface area contributed by atoms with E-state index in [9.17, 15) is 13.2 Å². The summed E-state index contributed by atoms with van der Waals surface area (Å²) in [6.45, 7) is 2.97. The topological polar surface area (TPSA) is 39.7 Å². The zero-order valence-corrected chi connectivity index (χ0v) is 18.6. The number of anilines is 1. The van der Waals surface area contributed by atoms with Gasteiger partial charge in [-0.1, -0.05) is 12.1 Å². The van der Waals surface area contributed by atoms with Crippen LogP contribution in [0.15, 0.2) is 47.5 Å². The van der Waals surface area contributed by atoms with E-state index in [1.165, 1.54) is 24.3 Å². The van der Waals surface area contributed by atoms with Crippen molar-refractivity contribution in [1.82, 2.24) is 10.6 Å². The molecular formula is C21H26F3IN4. The maximum atomic E-state index is 13.4. The smallest absolute Gasteiger partial charge is 0.190 e. The highest BCUT2D eigenvalue weighted by Crippen LogP contribution is 2.24. The van der Waals surface area contributed by atoms with Gasteiger partial charge in [0.1, 0.15) is 5.82 Å². The van der Waals surface area contributed by atoms with E-state index in [-0.39, 0.29) is 29.8 Å². The van der Waals surface area contributed by atoms with Crippen LogP contribution in [0, 0.1) is 23.4 Å². The quantitative estimate of drug-likeness (QED) is 0.346. The fraction of sp³-hybridized carbons (Fsp3) is 0.381. The molecule has 1 heterocycles. The number of nitrogens with zero attached hydrogens (tertiary/aromatic N) is 2. The van der Waals surface area contributed by atoms with E-state index in [0.29, 0.717) is 30.5 Å². The maximum absolute atomic E-state index is 13.4. The molecule has 2 N–H and O–H groups in total. The van der Waals surface area contributed by atoms with Crippen LogP contribution in [0.4, 0.5) is 18.9 Å². The molecule has 0 radical (unpaired) electrons. The Morgan fingerprint density at radius 3 is 2.66 bits per heavy atom. The highest BCUT2D eigenvalue weighted by molar-refractivity contribution is 14.0. The standard InChI is InChI=1S/C21H25F3N4.HI/c1-25-21(26-9-7-15-3-2-4-17(22)11-15)27-13-16-8-10-28(14-16)18-5-6-19(23)20(24)12-18;/h2-6,11-12,16H,7-10,13-14H2,1H3,(H2,25,26,27);1H. The van der Waals surface area contributed by atoms with Crippen LogP contribution in [0.25, 0.3) is 0 Å². The molecule has 4 nitrogen and oxygen atoms in total. The lowest BCUT2D eigenvalue weighted by molar-refractivity contribution is 0.508. The first kappa shape index (κ1) is 23.3. The van der Waals surface area contributed by atoms with Gasteiger partial charge in [0.15, 0.2) is 17.6 Å². The van der Waals surface area contributed by atoms with Gasteiger partial charge in [0, 0.05) is 45.0 Å². The van der Waals surface area contributed by atoms with Crippen LogP contribution in [0.1, 0.15) is 12.0 Å². The van der Waals surface area contributed by atoms with Crippen LogP contribution in [0.2, 0.25) is 0 Å². The summed E-state index contributed by atoms with van der Waals surface area (Å²) >= 11 is 0. The molecule has 0 amide bonds. The summed E-state index contributed by atoms with van der Waals surface area (Å²) in [5.74, 6) is -0.791. The molecule has 3 rings (SSSR count). The van der Waals surface area contributed by atoms with Crippen molar-refractivity contribution in [2.45, 2.75) is 12.8 Å². The van der Waals surface area contributed by atoms with Gasteiger partial charge in [-0.25, -0.2) is 13.2 Å². The third-order valence-electron chi connectivity index (χ3n) is 4.93. The predicted molar refractivity (Wildman–Crippen MR) is 122 cm³/mol. The molecule has 29 heavy (non-hydrogen) atoms. The summed E-state index contributed by atoms with van der Waals surface area (Å²) in [6, 6.07) is 10.6. The van der Waals surface area contributed by atoms with Crippen LogP contribution in [0.5, 0.6) is 0 Å². The monoisotopic (exact) mass is 518 g/mol. The summed E-state index contributed by atoms with van der Waals surface area (Å²) in [4.78, 5) is 6.28. The third-order valence-corrected chi connectivity index (χ3v) is 4.93. The Bertz CT molecular complexity index is 831. The van der Waals surface area contributed by atoms with Gasteiger partial charge in [-0.15, -0.1) is 24.0 Å². The molecule has 158 valence electrons. The van der Waals surface area contributed by atoms with Crippen molar-refractivity contribution in [2.24, 2.45) is 10.9 Å². The molecule has 1 atom stereocenters. The lowest BCUT2D eigenvalue weighted by Crippen LogP contribution is -2.41. The molecule has 2 aromatic rings. The van der Waals surface area contributed by atoms with Crippen molar-refractivity contribution in [3.8, 4) is 0 Å². The third kappa shape index (κ3) is 6.80. The van der Waals surface area contributed by atoms with Crippen molar-refractivity contribution in [3.63, 3.8) is 0 Å². The van der Waals surface area contributed by atoms with Crippen molar-refractivity contribution >= 4 is 35.6 Å². The van der Waals surface area contributed by atoms with Gasteiger partial charge in [0.25, 0.3) is 0 Å². The Labute approximate surface area is 186 Å². The van der Waals surface area contributed by atoms with Gasteiger partial charge < -0.3 is 15.5 Å². The van der Waals surface area contributed by atoms with Gasteiger partial charge >= 0.3 is 0 Å². The molecule has 1 aliphatic rings. The molecule has 0 spiro atoms. The van der Waals surface area contributed by atoms with Crippen LogP contribution in [-0.4, -0.2) is 39.2 Å². The number of aliphatic imine (C=N–C) groups is 1. The molecule has 8 heteroatoms. The van der Waals surface area contributed by atoms with Crippen molar-refractivity contribution in [2.75, 3.05) is 38.1 Å². The maximum Gasteiger partial charge on any atom is 0.190 e. The highest BCUT2D eigenvalue weighted by atomic mass is 127. The number of nitrogens with one attached hydrogen (secondary N) is 2. The van der Waals surface area contributed by atoms with Gasteiger partial charge in [-0.05, 0) is 48.6 Å². The second-order valence-electron chi connectivity index (χ2n) is 6.96. The Morgan fingerprint density at radius 2 is 1.93 bits per heavy atom. The Balaban J connectivity index is 0.00000300. The van der Waals surface area contributed by atoms with Crippen molar-refractivity contribution < 1.29 is 13.2 Å². The Kier molecular flexibility index (Phi) is 9.06. The van der Waals surface area contributed by atoms with Crippen molar-refractivity contribution in [3.05, 3.63) is 65.5 Å². The number of rotatable bonds is 6. The summed E-state index contributed by atoms with van der Waals surface area (Å²) in [7, 11) is 1.71. The van der Waals surface area contributed by atoms with Crippen LogP contribution in [0.3, 0.4) is 0 Å². The number of halogens is 4. The minimum absolute atomic E-state index is 0. The van der Waals surface area contributed by atoms with E-state index in [2.05, 4.69) is 20.5 Å². The molecular weight excluding hydrogens is 492 g/mol. The number of hydrogen-bond donors (Lipinski definition) is 2. The lowest BCUT2D eigenvalue weighted by Gasteiger charge is -2.19. The highest BCUT2D eigenvalue weighted by Gasteiger charge is 2.23. The molecule has 1 saturated heterocycles. The number of guanidine groups is 1. The lowest BCUT2D eigenvalue weighted by atomic mass is 10.1. The summed E-state index contributed by atoms with van der Waals surface area (Å²) in [5.41, 5.74) is 1.64. The fourth-order valence-corrected chi connectivity index (χ4v) is 3.39. The molecule has 2 aromatic carbocycles. The predicted octanol–water partition coefficient (Wildman–Crippen LogP) is 3.96. The van der Waals surface area contributed by atoms with Crippen molar-refractivity contribution in [1.29, 1.82) is 0 Å². The van der Waals surface area contributed by atoms with E-state index in [4.69, 9.17) is 0 Å². The van der Waals surface area contributed by atoms with Gasteiger partial charge in [-0.3, -0.25) is 4.99 Å². The molecule has 0 bridgehead atoms. The summed E-state index contributed by atoms with van der Waals surface area (Å²) in [5, 5.41) is 6.54. The minimum Gasteiger partial charge on any atom is -0.371 e. The van der Waals surface area contributed by atoms with Crippen LogP contribution in [-0.2, 0) is 6.42 Å². The second kappa shape index (κ2) is 11.3. The first-order valence-electron chi connectivity index (χ1n) is 9.44. The van der Waals surface area contributed by atoms with E-state index in [0.717, 1.165) is 31.6 Å². The summed E-state index contributed by atoms with van der Waals surface area (Å²) < 4.78 is 39.7. The first-order chi connectivity index (χ1) is 13.5. The molecule has 0 aromatic heterocycles. The number of hydrogen-bond acceptors (Lipinski definition) is 2. The van der Waals surface area contributed by atoms with E-state index >= 15 is 0 Å². The SMILES string of the molecule is CN=C(NCCc1cccc(F)c1)NCC1CCN(c2ccc(F)c(F)c2)C1.I. The van der Waals surface area contributed by atoms with Gasteiger partial charge in [-0.2, -0.15) is 0 Å². The zero-order chi connectivity index (χ0) is 19.9. The Morgan fingerprint density at radius 1 is 1.10 bits per heavy atom. The average molecular weight is 518 g/mol. The van der Waals surface area contributed by atoms with Gasteiger partial charge in [0.2, 0.25) is 0 Å². The van der Waals surface area contributed by atoms with E-state index in [1.54, 1.807) is 19.2 Å². The van der Waals surface area contributed by atoms with E-state index in [1.807, 2.05) is 6.07 Å². The van der Waals surface area contributed by atoms with Gasteiger partial charge in [0.05, 0.1) is 0 Å². The Hall–Kier alpha value is -1.97. The zero-order valence-electron chi connectivity index (χ0n) is 16.3. The molecule has 1 aliphatic heterocycles.